The highest BCUT2D eigenvalue weighted by Crippen LogP contribution is 2.42. The second kappa shape index (κ2) is 18.2. The van der Waals surface area contributed by atoms with Gasteiger partial charge in [0, 0.05) is 36.8 Å². The van der Waals surface area contributed by atoms with Gasteiger partial charge in [-0.05, 0) is 84.0 Å². The molecule has 0 bridgehead atoms. The molecule has 2 heterocycles. The zero-order valence-corrected chi connectivity index (χ0v) is 34.1. The molecule has 0 aliphatic carbocycles. The van der Waals surface area contributed by atoms with Gasteiger partial charge in [0.05, 0.1) is 37.9 Å². The quantitative estimate of drug-likeness (QED) is 0.110. The molecular weight excluding hydrogens is 755 g/mol. The minimum Gasteiger partial charge on any atom is -0.493 e. The van der Waals surface area contributed by atoms with Crippen molar-refractivity contribution in [3.63, 3.8) is 0 Å². The fourth-order valence-corrected chi connectivity index (χ4v) is 8.84. The van der Waals surface area contributed by atoms with E-state index < -0.39 is 28.3 Å². The Balaban J connectivity index is 1.09. The fraction of sp³-hybridized carbons (Fsp3) is 0.326. The fourth-order valence-electron chi connectivity index (χ4n) is 7.64. The highest BCUT2D eigenvalue weighted by atomic mass is 32.2. The average Bonchev–Trinajstić information content (AvgIpc) is 3.24. The summed E-state index contributed by atoms with van der Waals surface area (Å²) in [5, 5.41) is 12.6. The van der Waals surface area contributed by atoms with Crippen molar-refractivity contribution in [3.8, 4) is 11.5 Å². The molecule has 12 heteroatoms. The number of sulfonamides is 1. The Bertz CT molecular complexity index is 2270. The van der Waals surface area contributed by atoms with Crippen LogP contribution in [0.1, 0.15) is 58.3 Å². The Labute approximate surface area is 341 Å². The summed E-state index contributed by atoms with van der Waals surface area (Å²) in [4.78, 5) is 16.3. The van der Waals surface area contributed by atoms with E-state index in [9.17, 15) is 18.3 Å². The maximum absolute atomic E-state index is 13.8. The zero-order valence-electron chi connectivity index (χ0n) is 33.3. The summed E-state index contributed by atoms with van der Waals surface area (Å²) >= 11 is 0. The van der Waals surface area contributed by atoms with Gasteiger partial charge in [0.15, 0.2) is 17.8 Å². The molecule has 304 valence electrons. The summed E-state index contributed by atoms with van der Waals surface area (Å²) in [6, 6.07) is 34.0. The Hall–Kier alpha value is -5.08. The van der Waals surface area contributed by atoms with Gasteiger partial charge in [0.1, 0.15) is 6.04 Å². The predicted octanol–water partition coefficient (Wildman–Crippen LogP) is 6.88. The minimum absolute atomic E-state index is 0.00757. The maximum Gasteiger partial charge on any atom is 0.242 e. The number of rotatable bonds is 14. The lowest BCUT2D eigenvalue weighted by molar-refractivity contribution is -0.276. The van der Waals surface area contributed by atoms with Crippen LogP contribution < -0.4 is 19.5 Å². The lowest BCUT2D eigenvalue weighted by atomic mass is 9.89. The summed E-state index contributed by atoms with van der Waals surface area (Å²) in [5.74, 6) is 0.943. The van der Waals surface area contributed by atoms with Crippen molar-refractivity contribution in [2.45, 2.75) is 69.3 Å². The molecule has 5 aromatic rings. The molecule has 0 saturated carbocycles. The number of benzene rings is 5. The second-order valence-corrected chi connectivity index (χ2v) is 16.8. The standard InChI is InChI=1S/C46H51N3O8S/c1-30-10-20-39(21-11-30)58(52,53)48-40(24-32-8-6-5-7-9-32)45(51)47-38-18-16-35(17-19-38)46-56-43(31(2)44(57-46)34-14-12-33(29-50)13-15-34)28-49-23-22-36-25-41(54-3)42(55-4)26-37(36)27-49/h5-21,25-26,31,40,43-44,46,48,50H,22-24,27-29H2,1-4H3,(H,47,51)/t31-,40-,43+,44+,46+/m1/s1. The number of nitrogens with zero attached hydrogens (tertiary/aromatic N) is 1. The van der Waals surface area contributed by atoms with E-state index in [0.717, 1.165) is 53.1 Å². The van der Waals surface area contributed by atoms with Crippen molar-refractivity contribution in [1.82, 2.24) is 9.62 Å². The van der Waals surface area contributed by atoms with Crippen molar-refractivity contribution in [2.24, 2.45) is 5.92 Å². The average molecular weight is 806 g/mol. The number of hydrogen-bond acceptors (Lipinski definition) is 9. The second-order valence-electron chi connectivity index (χ2n) is 15.1. The summed E-state index contributed by atoms with van der Waals surface area (Å²) in [6.07, 6.45) is -0.165. The van der Waals surface area contributed by atoms with E-state index >= 15 is 0 Å². The highest BCUT2D eigenvalue weighted by molar-refractivity contribution is 7.89. The third-order valence-electron chi connectivity index (χ3n) is 11.0. The topological polar surface area (TPSA) is 136 Å². The monoisotopic (exact) mass is 805 g/mol. The number of amides is 1. The lowest BCUT2D eigenvalue weighted by Crippen LogP contribution is -2.45. The first kappa shape index (κ1) is 41.1. The number of fused-ring (bicyclic) bond motifs is 1. The molecule has 1 saturated heterocycles. The van der Waals surface area contributed by atoms with Crippen LogP contribution in [-0.4, -0.2) is 63.8 Å². The number of carbonyl (C=O) groups excluding carboxylic acids is 1. The van der Waals surface area contributed by atoms with Crippen LogP contribution in [0.3, 0.4) is 0 Å². The van der Waals surface area contributed by atoms with Crippen molar-refractivity contribution in [2.75, 3.05) is 32.6 Å². The third kappa shape index (κ3) is 9.61. The van der Waals surface area contributed by atoms with Crippen LogP contribution >= 0.6 is 0 Å². The number of aliphatic hydroxyl groups excluding tert-OH is 1. The van der Waals surface area contributed by atoms with Gasteiger partial charge in [-0.15, -0.1) is 0 Å². The molecule has 0 spiro atoms. The number of nitrogens with one attached hydrogen (secondary N) is 2. The van der Waals surface area contributed by atoms with Crippen LogP contribution in [0.2, 0.25) is 0 Å². The maximum atomic E-state index is 13.8. The summed E-state index contributed by atoms with van der Waals surface area (Å²) in [5.41, 5.74) is 7.27. The van der Waals surface area contributed by atoms with Gasteiger partial charge in [-0.25, -0.2) is 8.42 Å². The number of methoxy groups -OCH3 is 2. The summed E-state index contributed by atoms with van der Waals surface area (Å²) in [6.45, 7) is 6.26. The van der Waals surface area contributed by atoms with Gasteiger partial charge in [-0.2, -0.15) is 4.72 Å². The van der Waals surface area contributed by atoms with E-state index in [1.165, 1.54) is 23.3 Å². The Kier molecular flexibility index (Phi) is 12.9. The minimum atomic E-state index is -4.00. The van der Waals surface area contributed by atoms with Gasteiger partial charge < -0.3 is 29.4 Å². The van der Waals surface area contributed by atoms with Crippen molar-refractivity contribution in [1.29, 1.82) is 0 Å². The SMILES string of the molecule is COc1cc2c(cc1OC)CN(C[C@@H]1O[C@H](c3ccc(NC(=O)[C@@H](Cc4ccccc4)NS(=O)(=O)c4ccc(C)cc4)cc3)O[C@H](c3ccc(CO)cc3)[C@@H]1C)CC2. The summed E-state index contributed by atoms with van der Waals surface area (Å²) < 4.78 is 54.1. The first-order valence-electron chi connectivity index (χ1n) is 19.5. The van der Waals surface area contributed by atoms with Gasteiger partial charge in [-0.1, -0.05) is 91.3 Å². The predicted molar refractivity (Wildman–Crippen MR) is 222 cm³/mol. The molecule has 2 aliphatic heterocycles. The lowest BCUT2D eigenvalue weighted by Gasteiger charge is -2.43. The first-order chi connectivity index (χ1) is 28.0. The van der Waals surface area contributed by atoms with Gasteiger partial charge in [0.25, 0.3) is 0 Å². The molecule has 1 fully saturated rings. The number of anilines is 1. The first-order valence-corrected chi connectivity index (χ1v) is 21.0. The number of ether oxygens (including phenoxy) is 4. The van der Waals surface area contributed by atoms with Crippen LogP contribution in [0.15, 0.2) is 120 Å². The molecule has 11 nitrogen and oxygen atoms in total. The van der Waals surface area contributed by atoms with E-state index in [-0.39, 0.29) is 36.0 Å². The molecule has 0 radical (unpaired) electrons. The molecule has 58 heavy (non-hydrogen) atoms. The highest BCUT2D eigenvalue weighted by Gasteiger charge is 2.39. The van der Waals surface area contributed by atoms with Gasteiger partial charge >= 0.3 is 0 Å². The largest absolute Gasteiger partial charge is 0.493 e. The van der Waals surface area contributed by atoms with E-state index in [1.807, 2.05) is 73.7 Å². The molecule has 7 rings (SSSR count). The van der Waals surface area contributed by atoms with Crippen LogP contribution in [-0.2, 0) is 50.3 Å². The third-order valence-corrected chi connectivity index (χ3v) is 12.5. The van der Waals surface area contributed by atoms with Crippen LogP contribution in [0.25, 0.3) is 0 Å². The van der Waals surface area contributed by atoms with Crippen LogP contribution in [0, 0.1) is 12.8 Å². The number of aliphatic hydroxyl groups is 1. The molecule has 5 aromatic carbocycles. The van der Waals surface area contributed by atoms with Crippen molar-refractivity contribution < 1.29 is 37.3 Å². The normalized spacial score (nSPS) is 20.2. The van der Waals surface area contributed by atoms with E-state index in [0.29, 0.717) is 18.0 Å². The molecule has 1 amide bonds. The van der Waals surface area contributed by atoms with E-state index in [4.69, 9.17) is 18.9 Å². The van der Waals surface area contributed by atoms with Crippen LogP contribution in [0.5, 0.6) is 11.5 Å². The van der Waals surface area contributed by atoms with E-state index in [1.54, 1.807) is 38.5 Å². The Morgan fingerprint density at radius 3 is 2.16 bits per heavy atom. The molecule has 2 aliphatic rings. The Morgan fingerprint density at radius 1 is 0.845 bits per heavy atom. The van der Waals surface area contributed by atoms with E-state index in [2.05, 4.69) is 34.0 Å². The van der Waals surface area contributed by atoms with Crippen LogP contribution in [0.4, 0.5) is 5.69 Å². The van der Waals surface area contributed by atoms with Crippen molar-refractivity contribution in [3.05, 3.63) is 154 Å². The molecule has 5 atom stereocenters. The zero-order chi connectivity index (χ0) is 40.8. The number of hydrogen-bond donors (Lipinski definition) is 3. The molecular formula is C46H51N3O8S. The van der Waals surface area contributed by atoms with Gasteiger partial charge in [-0.3, -0.25) is 9.69 Å². The van der Waals surface area contributed by atoms with Crippen molar-refractivity contribution >= 4 is 21.6 Å². The Morgan fingerprint density at radius 2 is 1.50 bits per heavy atom. The smallest absolute Gasteiger partial charge is 0.242 e. The molecule has 0 aromatic heterocycles. The van der Waals surface area contributed by atoms with Gasteiger partial charge in [0.2, 0.25) is 15.9 Å². The number of carbonyl (C=O) groups is 1. The molecule has 3 N–H and O–H groups in total. The summed E-state index contributed by atoms with van der Waals surface area (Å²) in [7, 11) is -0.697. The molecule has 0 unspecified atom stereocenters. The number of aryl methyl sites for hydroxylation is 1.